The molecular formula is C13H24N2. The van der Waals surface area contributed by atoms with E-state index < -0.39 is 0 Å². The fourth-order valence-electron chi connectivity index (χ4n) is 3.07. The topological polar surface area (TPSA) is 27.1 Å². The van der Waals surface area contributed by atoms with E-state index >= 15 is 0 Å². The molecule has 2 fully saturated rings. The highest BCUT2D eigenvalue weighted by Gasteiger charge is 2.27. The monoisotopic (exact) mass is 208 g/mol. The summed E-state index contributed by atoms with van der Waals surface area (Å²) in [6.07, 6.45) is 9.20. The van der Waals surface area contributed by atoms with Crippen LogP contribution in [0.3, 0.4) is 0 Å². The van der Waals surface area contributed by atoms with E-state index in [0.717, 1.165) is 24.8 Å². The third-order valence-corrected chi connectivity index (χ3v) is 4.18. The highest BCUT2D eigenvalue weighted by Crippen LogP contribution is 2.29. The second-order valence-corrected chi connectivity index (χ2v) is 5.23. The first-order chi connectivity index (χ1) is 7.31. The summed E-state index contributed by atoms with van der Waals surface area (Å²) in [5, 5.41) is 8.27. The summed E-state index contributed by atoms with van der Waals surface area (Å²) < 4.78 is 0. The summed E-state index contributed by atoms with van der Waals surface area (Å²) in [5.41, 5.74) is 0. The molecule has 0 aromatic rings. The fourth-order valence-corrected chi connectivity index (χ4v) is 3.07. The number of nitrogens with one attached hydrogen (secondary N) is 1. The molecule has 2 rings (SSSR count). The Kier molecular flexibility index (Phi) is 3.66. The van der Waals surface area contributed by atoms with Crippen molar-refractivity contribution in [2.75, 3.05) is 13.1 Å². The van der Waals surface area contributed by atoms with Crippen LogP contribution in [-0.2, 0) is 0 Å². The Morgan fingerprint density at radius 1 is 1.20 bits per heavy atom. The van der Waals surface area contributed by atoms with Gasteiger partial charge in [0.25, 0.3) is 0 Å². The first kappa shape index (κ1) is 11.0. The van der Waals surface area contributed by atoms with E-state index in [1.165, 1.54) is 44.9 Å². The van der Waals surface area contributed by atoms with E-state index in [2.05, 4.69) is 11.8 Å². The van der Waals surface area contributed by atoms with Gasteiger partial charge in [-0.25, -0.2) is 0 Å². The summed E-state index contributed by atoms with van der Waals surface area (Å²) in [6, 6.07) is 0. The summed E-state index contributed by atoms with van der Waals surface area (Å²) in [6.45, 7) is 4.59. The van der Waals surface area contributed by atoms with Gasteiger partial charge in [-0.15, -0.1) is 0 Å². The zero-order valence-electron chi connectivity index (χ0n) is 9.97. The van der Waals surface area contributed by atoms with Crippen LogP contribution in [0.5, 0.6) is 0 Å². The molecule has 1 aliphatic heterocycles. The maximum atomic E-state index is 8.27. The predicted octanol–water partition coefficient (Wildman–Crippen LogP) is 3.28. The van der Waals surface area contributed by atoms with Gasteiger partial charge in [-0.05, 0) is 31.6 Å². The third kappa shape index (κ3) is 2.53. The lowest BCUT2D eigenvalue weighted by Gasteiger charge is -2.36. The van der Waals surface area contributed by atoms with Crippen molar-refractivity contribution in [2.45, 2.75) is 51.9 Å². The van der Waals surface area contributed by atoms with Crippen LogP contribution in [0.2, 0.25) is 0 Å². The molecule has 15 heavy (non-hydrogen) atoms. The van der Waals surface area contributed by atoms with Gasteiger partial charge in [0.1, 0.15) is 0 Å². The quantitative estimate of drug-likeness (QED) is 0.547. The molecule has 0 radical (unpaired) electrons. The Balaban J connectivity index is 1.88. The summed E-state index contributed by atoms with van der Waals surface area (Å²) in [4.78, 5) is 2.37. The second kappa shape index (κ2) is 5.00. The Bertz CT molecular complexity index is 219. The number of hydrogen-bond acceptors (Lipinski definition) is 1. The summed E-state index contributed by atoms with van der Waals surface area (Å²) in [5.74, 6) is 2.41. The van der Waals surface area contributed by atoms with E-state index in [-0.39, 0.29) is 0 Å². The van der Waals surface area contributed by atoms with Crippen LogP contribution in [0.1, 0.15) is 51.9 Å². The second-order valence-electron chi connectivity index (χ2n) is 5.23. The first-order valence-corrected chi connectivity index (χ1v) is 6.64. The van der Waals surface area contributed by atoms with Crippen LogP contribution in [0.25, 0.3) is 0 Å². The van der Waals surface area contributed by atoms with Crippen LogP contribution in [-0.4, -0.2) is 23.8 Å². The van der Waals surface area contributed by atoms with Gasteiger partial charge < -0.3 is 4.90 Å². The van der Waals surface area contributed by atoms with Crippen molar-refractivity contribution in [3.05, 3.63) is 0 Å². The van der Waals surface area contributed by atoms with E-state index in [0.29, 0.717) is 5.92 Å². The molecule has 1 atom stereocenters. The van der Waals surface area contributed by atoms with Crippen LogP contribution in [0, 0.1) is 17.2 Å². The molecule has 0 aromatic carbocycles. The molecule has 0 aromatic heterocycles. The van der Waals surface area contributed by atoms with Crippen molar-refractivity contribution in [1.82, 2.24) is 4.90 Å². The van der Waals surface area contributed by atoms with Crippen LogP contribution in [0.4, 0.5) is 0 Å². The van der Waals surface area contributed by atoms with E-state index in [1.807, 2.05) is 0 Å². The maximum absolute atomic E-state index is 8.27. The molecule has 1 saturated carbocycles. The molecule has 0 amide bonds. The first-order valence-electron chi connectivity index (χ1n) is 6.64. The number of likely N-dealkylation sites (tertiary alicyclic amines) is 1. The van der Waals surface area contributed by atoms with Gasteiger partial charge in [0.05, 0.1) is 5.84 Å². The average Bonchev–Trinajstić information content (AvgIpc) is 2.81. The molecule has 2 heteroatoms. The van der Waals surface area contributed by atoms with Crippen molar-refractivity contribution in [2.24, 2.45) is 11.8 Å². The highest BCUT2D eigenvalue weighted by molar-refractivity contribution is 5.82. The molecular weight excluding hydrogens is 184 g/mol. The van der Waals surface area contributed by atoms with Crippen molar-refractivity contribution >= 4 is 5.84 Å². The molecule has 1 heterocycles. The minimum atomic E-state index is 0.598. The largest absolute Gasteiger partial charge is 0.360 e. The van der Waals surface area contributed by atoms with Gasteiger partial charge in [-0.3, -0.25) is 5.41 Å². The molecule has 0 bridgehead atoms. The zero-order valence-corrected chi connectivity index (χ0v) is 9.97. The molecule has 1 aliphatic carbocycles. The molecule has 86 valence electrons. The average molecular weight is 208 g/mol. The maximum Gasteiger partial charge on any atom is 0.0989 e. The minimum absolute atomic E-state index is 0.598. The normalized spacial score (nSPS) is 28.3. The van der Waals surface area contributed by atoms with Crippen LogP contribution >= 0.6 is 0 Å². The molecule has 2 aliphatic rings. The van der Waals surface area contributed by atoms with Gasteiger partial charge in [-0.1, -0.05) is 26.2 Å². The Hall–Kier alpha value is -0.530. The van der Waals surface area contributed by atoms with Gasteiger partial charge in [0, 0.05) is 19.0 Å². The minimum Gasteiger partial charge on any atom is -0.360 e. The van der Waals surface area contributed by atoms with Crippen molar-refractivity contribution in [3.63, 3.8) is 0 Å². The van der Waals surface area contributed by atoms with E-state index in [1.54, 1.807) is 0 Å². The molecule has 1 unspecified atom stereocenters. The summed E-state index contributed by atoms with van der Waals surface area (Å²) >= 11 is 0. The van der Waals surface area contributed by atoms with E-state index in [9.17, 15) is 0 Å². The molecule has 2 nitrogen and oxygen atoms in total. The van der Waals surface area contributed by atoms with Gasteiger partial charge in [0.15, 0.2) is 0 Å². The number of hydrogen-bond donors (Lipinski definition) is 1. The summed E-state index contributed by atoms with van der Waals surface area (Å²) in [7, 11) is 0. The lowest BCUT2D eigenvalue weighted by molar-refractivity contribution is 0.243. The molecule has 1 saturated heterocycles. The Labute approximate surface area is 93.6 Å². The smallest absolute Gasteiger partial charge is 0.0989 e. The lowest BCUT2D eigenvalue weighted by atomic mass is 9.94. The predicted molar refractivity (Wildman–Crippen MR) is 64.3 cm³/mol. The van der Waals surface area contributed by atoms with Gasteiger partial charge in [0.2, 0.25) is 0 Å². The lowest BCUT2D eigenvalue weighted by Crippen LogP contribution is -2.42. The molecule has 1 N–H and O–H groups in total. The number of amidine groups is 1. The van der Waals surface area contributed by atoms with Crippen molar-refractivity contribution in [3.8, 4) is 0 Å². The van der Waals surface area contributed by atoms with Crippen LogP contribution < -0.4 is 0 Å². The Morgan fingerprint density at radius 3 is 2.60 bits per heavy atom. The molecule has 0 spiro atoms. The van der Waals surface area contributed by atoms with Crippen molar-refractivity contribution in [1.29, 1.82) is 5.41 Å². The standard InChI is InChI=1S/C13H24N2/c1-2-11-6-5-9-15(10-11)13(14)12-7-3-4-8-12/h11-12,14H,2-10H2,1H3. The number of nitrogens with zero attached hydrogens (tertiary/aromatic N) is 1. The number of rotatable bonds is 2. The fraction of sp³-hybridized carbons (Fsp3) is 0.923. The van der Waals surface area contributed by atoms with E-state index in [4.69, 9.17) is 5.41 Å². The Morgan fingerprint density at radius 2 is 1.93 bits per heavy atom. The van der Waals surface area contributed by atoms with Crippen LogP contribution in [0.15, 0.2) is 0 Å². The van der Waals surface area contributed by atoms with Gasteiger partial charge >= 0.3 is 0 Å². The number of piperidine rings is 1. The van der Waals surface area contributed by atoms with Crippen molar-refractivity contribution < 1.29 is 0 Å². The highest BCUT2D eigenvalue weighted by atomic mass is 15.2. The third-order valence-electron chi connectivity index (χ3n) is 4.18. The SMILES string of the molecule is CCC1CCCN(C(=N)C2CCCC2)C1. The van der Waals surface area contributed by atoms with Gasteiger partial charge in [-0.2, -0.15) is 0 Å². The zero-order chi connectivity index (χ0) is 10.7.